The first-order valence-electron chi connectivity index (χ1n) is 13.3. The molecule has 4 aromatic rings. The van der Waals surface area contributed by atoms with Crippen molar-refractivity contribution in [2.75, 3.05) is 18.6 Å². The predicted molar refractivity (Wildman–Crippen MR) is 156 cm³/mol. The lowest BCUT2D eigenvalue weighted by Gasteiger charge is -2.27. The fourth-order valence-corrected chi connectivity index (χ4v) is 5.27. The van der Waals surface area contributed by atoms with Crippen LogP contribution in [0, 0.1) is 0 Å². The zero-order chi connectivity index (χ0) is 29.4. The molecule has 0 fully saturated rings. The molecular formula is C33H32N2O6. The molecule has 1 aromatic heterocycles. The van der Waals surface area contributed by atoms with Crippen LogP contribution in [-0.2, 0) is 31.0 Å². The molecule has 41 heavy (non-hydrogen) atoms. The van der Waals surface area contributed by atoms with Gasteiger partial charge in [-0.15, -0.1) is 0 Å². The Balaban J connectivity index is 1.74. The quantitative estimate of drug-likeness (QED) is 0.159. The summed E-state index contributed by atoms with van der Waals surface area (Å²) in [5, 5.41) is 0.559. The Bertz CT molecular complexity index is 1650. The number of para-hydroxylation sites is 2. The van der Waals surface area contributed by atoms with Gasteiger partial charge in [0.2, 0.25) is 5.41 Å². The van der Waals surface area contributed by atoms with Crippen LogP contribution >= 0.6 is 0 Å². The van der Waals surface area contributed by atoms with E-state index in [2.05, 4.69) is 6.58 Å². The van der Waals surface area contributed by atoms with Crippen LogP contribution in [0.25, 0.3) is 10.9 Å². The van der Waals surface area contributed by atoms with E-state index in [1.165, 1.54) is 16.8 Å². The second-order valence-electron chi connectivity index (χ2n) is 10.8. The molecule has 0 N–H and O–H groups in total. The van der Waals surface area contributed by atoms with Gasteiger partial charge in [-0.2, -0.15) is 0 Å². The molecule has 0 bridgehead atoms. The highest BCUT2D eigenvalue weighted by Gasteiger charge is 2.60. The zero-order valence-electron chi connectivity index (χ0n) is 23.5. The number of ether oxygens (including phenoxy) is 3. The highest BCUT2D eigenvalue weighted by molar-refractivity contribution is 6.24. The summed E-state index contributed by atoms with van der Waals surface area (Å²) >= 11 is 0. The molecule has 0 radical (unpaired) electrons. The molecule has 3 aromatic carbocycles. The van der Waals surface area contributed by atoms with E-state index in [4.69, 9.17) is 14.2 Å². The average molecular weight is 553 g/mol. The van der Waals surface area contributed by atoms with E-state index >= 15 is 0 Å². The molecule has 1 amide bonds. The van der Waals surface area contributed by atoms with E-state index in [9.17, 15) is 14.4 Å². The van der Waals surface area contributed by atoms with Crippen molar-refractivity contribution in [1.82, 2.24) is 4.57 Å². The van der Waals surface area contributed by atoms with Crippen LogP contribution in [0.2, 0.25) is 0 Å². The molecule has 5 rings (SSSR count). The van der Waals surface area contributed by atoms with Gasteiger partial charge in [0.1, 0.15) is 18.0 Å². The number of methoxy groups -OCH3 is 1. The summed E-state index contributed by atoms with van der Waals surface area (Å²) in [6.45, 7) is 9.12. The van der Waals surface area contributed by atoms with Crippen LogP contribution in [0.3, 0.4) is 0 Å². The molecule has 0 saturated heterocycles. The molecule has 210 valence electrons. The summed E-state index contributed by atoms with van der Waals surface area (Å²) in [6.07, 6.45) is 2.36. The maximum absolute atomic E-state index is 14.7. The van der Waals surface area contributed by atoms with Gasteiger partial charge in [-0.3, -0.25) is 14.2 Å². The average Bonchev–Trinajstić information content (AvgIpc) is 3.45. The van der Waals surface area contributed by atoms with Crippen molar-refractivity contribution in [1.29, 1.82) is 0 Å². The summed E-state index contributed by atoms with van der Waals surface area (Å²) < 4.78 is 17.9. The van der Waals surface area contributed by atoms with E-state index in [1.807, 2.05) is 36.4 Å². The number of anilines is 1. The summed E-state index contributed by atoms with van der Waals surface area (Å²) in [4.78, 5) is 43.8. The summed E-state index contributed by atoms with van der Waals surface area (Å²) in [7, 11) is 1.59. The summed E-state index contributed by atoms with van der Waals surface area (Å²) in [6, 6.07) is 21.7. The zero-order valence-corrected chi connectivity index (χ0v) is 23.5. The van der Waals surface area contributed by atoms with Gasteiger partial charge in [-0.05, 0) is 50.6 Å². The molecule has 1 unspecified atom stereocenters. The van der Waals surface area contributed by atoms with Crippen molar-refractivity contribution in [2.24, 2.45) is 0 Å². The lowest BCUT2D eigenvalue weighted by Crippen LogP contribution is -2.48. The smallest absolute Gasteiger partial charge is 0.419 e. The minimum absolute atomic E-state index is 0.0841. The Hall–Kier alpha value is -4.85. The first-order chi connectivity index (χ1) is 19.6. The highest BCUT2D eigenvalue weighted by atomic mass is 16.6. The molecule has 1 atom stereocenters. The fourth-order valence-electron chi connectivity index (χ4n) is 5.27. The minimum Gasteiger partial charge on any atom is -0.497 e. The highest BCUT2D eigenvalue weighted by Crippen LogP contribution is 2.50. The Morgan fingerprint density at radius 1 is 0.951 bits per heavy atom. The van der Waals surface area contributed by atoms with Gasteiger partial charge in [0.05, 0.1) is 19.2 Å². The maximum atomic E-state index is 14.7. The Kier molecular flexibility index (Phi) is 7.17. The molecule has 0 spiro atoms. The van der Waals surface area contributed by atoms with E-state index in [-0.39, 0.29) is 13.2 Å². The van der Waals surface area contributed by atoms with Crippen LogP contribution in [-0.4, -0.2) is 41.9 Å². The van der Waals surface area contributed by atoms with Crippen LogP contribution in [0.15, 0.2) is 91.6 Å². The van der Waals surface area contributed by atoms with Gasteiger partial charge in [-0.25, -0.2) is 4.79 Å². The number of aromatic nitrogens is 1. The third kappa shape index (κ3) is 4.75. The topological polar surface area (TPSA) is 87.1 Å². The van der Waals surface area contributed by atoms with Crippen molar-refractivity contribution in [3.8, 4) is 5.75 Å². The third-order valence-electron chi connectivity index (χ3n) is 7.01. The lowest BCUT2D eigenvalue weighted by atomic mass is 9.75. The van der Waals surface area contributed by atoms with E-state index in [0.29, 0.717) is 33.5 Å². The monoisotopic (exact) mass is 552 g/mol. The summed E-state index contributed by atoms with van der Waals surface area (Å²) in [5.41, 5.74) is 0.111. The number of amides is 1. The van der Waals surface area contributed by atoms with Crippen LogP contribution in [0.4, 0.5) is 10.5 Å². The predicted octanol–water partition coefficient (Wildman–Crippen LogP) is 6.00. The van der Waals surface area contributed by atoms with E-state index < -0.39 is 29.0 Å². The van der Waals surface area contributed by atoms with Gasteiger partial charge >= 0.3 is 12.1 Å². The number of benzene rings is 3. The fraction of sp³-hybridized carbons (Fsp3) is 0.242. The van der Waals surface area contributed by atoms with Gasteiger partial charge in [0.15, 0.2) is 0 Å². The van der Waals surface area contributed by atoms with Crippen molar-refractivity contribution >= 4 is 34.6 Å². The Morgan fingerprint density at radius 2 is 1.63 bits per heavy atom. The Morgan fingerprint density at radius 3 is 2.32 bits per heavy atom. The molecular weight excluding hydrogens is 520 g/mol. The number of rotatable bonds is 7. The lowest BCUT2D eigenvalue weighted by molar-refractivity contribution is -0.150. The van der Waals surface area contributed by atoms with Gasteiger partial charge in [0.25, 0.3) is 5.91 Å². The van der Waals surface area contributed by atoms with Crippen LogP contribution in [0.1, 0.15) is 37.5 Å². The SMILES string of the molecule is C=CCOC(=O)C1(c2cn(C(=O)OC(C)(C)C)c3ccccc23)C(=O)N(Cc2ccc(OC)cc2)c2ccccc21. The van der Waals surface area contributed by atoms with Crippen molar-refractivity contribution < 1.29 is 28.6 Å². The normalized spacial score (nSPS) is 16.4. The number of hydrogen-bond donors (Lipinski definition) is 0. The third-order valence-corrected chi connectivity index (χ3v) is 7.01. The maximum Gasteiger partial charge on any atom is 0.419 e. The van der Waals surface area contributed by atoms with Gasteiger partial charge in [-0.1, -0.05) is 61.2 Å². The molecule has 0 aliphatic carbocycles. The molecule has 2 heterocycles. The number of carbonyl (C=O) groups is 3. The van der Waals surface area contributed by atoms with E-state index in [1.54, 1.807) is 69.2 Å². The van der Waals surface area contributed by atoms with Crippen molar-refractivity contribution in [2.45, 2.75) is 38.3 Å². The van der Waals surface area contributed by atoms with Crippen molar-refractivity contribution in [3.05, 3.63) is 108 Å². The molecule has 1 aliphatic rings. The molecule has 8 nitrogen and oxygen atoms in total. The number of hydrogen-bond acceptors (Lipinski definition) is 6. The van der Waals surface area contributed by atoms with Gasteiger partial charge < -0.3 is 19.1 Å². The summed E-state index contributed by atoms with van der Waals surface area (Å²) in [5.74, 6) is -0.533. The second kappa shape index (κ2) is 10.6. The standard InChI is InChI=1S/C33H32N2O6/c1-6-19-40-30(37)33(26-21-35(31(38)41-32(2,3)4)27-13-9-7-11-24(26)27)25-12-8-10-14-28(25)34(29(33)36)20-22-15-17-23(39-5)18-16-22/h6-18,21H,1,19-20H2,2-5H3. The first-order valence-corrected chi connectivity index (χ1v) is 13.3. The van der Waals surface area contributed by atoms with Crippen molar-refractivity contribution in [3.63, 3.8) is 0 Å². The molecule has 1 aliphatic heterocycles. The number of fused-ring (bicyclic) bond motifs is 2. The molecule has 0 saturated carbocycles. The second-order valence-corrected chi connectivity index (χ2v) is 10.8. The van der Waals surface area contributed by atoms with Gasteiger partial charge in [0, 0.05) is 28.4 Å². The number of nitrogens with zero attached hydrogens (tertiary/aromatic N) is 2. The van der Waals surface area contributed by atoms with E-state index in [0.717, 1.165) is 5.56 Å². The minimum atomic E-state index is -1.88. The Labute approximate surface area is 238 Å². The number of carbonyl (C=O) groups excluding carboxylic acids is 3. The number of esters is 1. The largest absolute Gasteiger partial charge is 0.497 e. The molecule has 8 heteroatoms. The van der Waals surface area contributed by atoms with Crippen LogP contribution in [0.5, 0.6) is 5.75 Å². The van der Waals surface area contributed by atoms with Crippen LogP contribution < -0.4 is 9.64 Å². The first kappa shape index (κ1) is 27.7.